The monoisotopic (exact) mass is 295 g/mol. The first-order valence-electron chi connectivity index (χ1n) is 5.70. The zero-order valence-electron chi connectivity index (χ0n) is 10.0. The van der Waals surface area contributed by atoms with Gasteiger partial charge in [-0.2, -0.15) is 13.4 Å². The summed E-state index contributed by atoms with van der Waals surface area (Å²) in [5.41, 5.74) is 2.17. The minimum atomic E-state index is 0.547. The van der Waals surface area contributed by atoms with Gasteiger partial charge in [-0.3, -0.25) is 0 Å². The summed E-state index contributed by atoms with van der Waals surface area (Å²) in [6.07, 6.45) is 0. The van der Waals surface area contributed by atoms with Crippen LogP contribution in [0, 0.1) is 0 Å². The maximum absolute atomic E-state index is 6.26. The molecular formula is C10H10ClN7S. The van der Waals surface area contributed by atoms with Gasteiger partial charge < -0.3 is 5.32 Å². The molecule has 0 aliphatic carbocycles. The van der Waals surface area contributed by atoms with Crippen LogP contribution in [-0.2, 0) is 6.54 Å². The van der Waals surface area contributed by atoms with Crippen LogP contribution < -0.4 is 5.32 Å². The van der Waals surface area contributed by atoms with E-state index >= 15 is 0 Å². The molecule has 98 valence electrons. The minimum absolute atomic E-state index is 0.547. The van der Waals surface area contributed by atoms with Crippen LogP contribution in [0.5, 0.6) is 0 Å². The van der Waals surface area contributed by atoms with Crippen LogP contribution in [0.2, 0.25) is 5.02 Å². The Morgan fingerprint density at radius 1 is 1.37 bits per heavy atom. The fourth-order valence-electron chi connectivity index (χ4n) is 1.74. The van der Waals surface area contributed by atoms with E-state index in [1.165, 1.54) is 0 Å². The lowest BCUT2D eigenvalue weighted by Gasteiger charge is -2.07. The average Bonchev–Trinajstić information content (AvgIpc) is 3.04. The third kappa shape index (κ3) is 2.18. The quantitative estimate of drug-likeness (QED) is 0.784. The molecule has 0 bridgehead atoms. The van der Waals surface area contributed by atoms with Crippen molar-refractivity contribution in [1.82, 2.24) is 34.3 Å². The number of benzene rings is 1. The molecular weight excluding hydrogens is 286 g/mol. The van der Waals surface area contributed by atoms with Gasteiger partial charge in [-0.1, -0.05) is 18.5 Å². The maximum Gasteiger partial charge on any atom is 0.170 e. The third-order valence-electron chi connectivity index (χ3n) is 2.63. The molecule has 0 amide bonds. The van der Waals surface area contributed by atoms with Crippen LogP contribution in [0.3, 0.4) is 0 Å². The summed E-state index contributed by atoms with van der Waals surface area (Å²) in [6, 6.07) is 3.61. The molecule has 9 heteroatoms. The van der Waals surface area contributed by atoms with Crippen LogP contribution >= 0.6 is 23.3 Å². The lowest BCUT2D eigenvalue weighted by atomic mass is 10.2. The van der Waals surface area contributed by atoms with E-state index < -0.39 is 0 Å². The summed E-state index contributed by atoms with van der Waals surface area (Å²) >= 11 is 7.40. The van der Waals surface area contributed by atoms with Crippen LogP contribution in [0.1, 0.15) is 12.7 Å². The van der Waals surface area contributed by atoms with Gasteiger partial charge in [-0.05, 0) is 29.1 Å². The number of hydrogen-bond donors (Lipinski definition) is 1. The molecule has 19 heavy (non-hydrogen) atoms. The molecule has 1 N–H and O–H groups in total. The molecule has 0 radical (unpaired) electrons. The molecule has 0 aliphatic heterocycles. The number of tetrazole rings is 1. The van der Waals surface area contributed by atoms with E-state index in [4.69, 9.17) is 11.6 Å². The van der Waals surface area contributed by atoms with Crippen molar-refractivity contribution < 1.29 is 0 Å². The van der Waals surface area contributed by atoms with Crippen LogP contribution in [0.15, 0.2) is 12.1 Å². The van der Waals surface area contributed by atoms with E-state index in [9.17, 15) is 0 Å². The van der Waals surface area contributed by atoms with Crippen molar-refractivity contribution in [3.63, 3.8) is 0 Å². The highest BCUT2D eigenvalue weighted by atomic mass is 35.5. The highest BCUT2D eigenvalue weighted by Crippen LogP contribution is 2.28. The highest BCUT2D eigenvalue weighted by Gasteiger charge is 2.16. The summed E-state index contributed by atoms with van der Waals surface area (Å²) in [7, 11) is 0. The average molecular weight is 296 g/mol. The molecule has 0 spiro atoms. The lowest BCUT2D eigenvalue weighted by Crippen LogP contribution is -2.16. The van der Waals surface area contributed by atoms with Crippen LogP contribution in [-0.4, -0.2) is 35.5 Å². The number of rotatable bonds is 4. The van der Waals surface area contributed by atoms with E-state index in [1.54, 1.807) is 10.7 Å². The highest BCUT2D eigenvalue weighted by molar-refractivity contribution is 7.00. The summed E-state index contributed by atoms with van der Waals surface area (Å²) < 4.78 is 10.1. The number of aromatic nitrogens is 6. The SMILES string of the molecule is CCNCc1nnnn1-c1c(Cl)ccc2nsnc12. The Morgan fingerprint density at radius 2 is 2.26 bits per heavy atom. The first-order chi connectivity index (χ1) is 9.31. The molecule has 0 aliphatic rings. The van der Waals surface area contributed by atoms with Crippen molar-refractivity contribution in [1.29, 1.82) is 0 Å². The van der Waals surface area contributed by atoms with Gasteiger partial charge >= 0.3 is 0 Å². The number of nitrogens with one attached hydrogen (secondary N) is 1. The van der Waals surface area contributed by atoms with Crippen molar-refractivity contribution in [2.75, 3.05) is 6.54 Å². The Kier molecular flexibility index (Phi) is 3.36. The predicted molar refractivity (Wildman–Crippen MR) is 72.5 cm³/mol. The lowest BCUT2D eigenvalue weighted by molar-refractivity contribution is 0.665. The van der Waals surface area contributed by atoms with Crippen molar-refractivity contribution >= 4 is 34.4 Å². The molecule has 0 saturated carbocycles. The second kappa shape index (κ2) is 5.16. The zero-order chi connectivity index (χ0) is 13.2. The minimum Gasteiger partial charge on any atom is -0.310 e. The Morgan fingerprint density at radius 3 is 3.11 bits per heavy atom. The fourth-order valence-corrected chi connectivity index (χ4v) is 2.51. The first-order valence-corrected chi connectivity index (χ1v) is 6.81. The number of fused-ring (bicyclic) bond motifs is 1. The van der Waals surface area contributed by atoms with E-state index in [0.717, 1.165) is 23.8 Å². The van der Waals surface area contributed by atoms with Gasteiger partial charge in [0.2, 0.25) is 0 Å². The van der Waals surface area contributed by atoms with Crippen molar-refractivity contribution in [3.8, 4) is 5.69 Å². The summed E-state index contributed by atoms with van der Waals surface area (Å²) in [4.78, 5) is 0. The molecule has 1 aromatic carbocycles. The molecule has 0 fully saturated rings. The van der Waals surface area contributed by atoms with E-state index in [1.807, 2.05) is 13.0 Å². The molecule has 2 aromatic heterocycles. The van der Waals surface area contributed by atoms with Gasteiger partial charge in [0.25, 0.3) is 0 Å². The van der Waals surface area contributed by atoms with Gasteiger partial charge in [-0.25, -0.2) is 0 Å². The summed E-state index contributed by atoms with van der Waals surface area (Å²) in [5, 5.41) is 15.4. The Balaban J connectivity index is 2.16. The van der Waals surface area contributed by atoms with E-state index in [2.05, 4.69) is 29.6 Å². The van der Waals surface area contributed by atoms with E-state index in [-0.39, 0.29) is 0 Å². The van der Waals surface area contributed by atoms with Gasteiger partial charge in [0, 0.05) is 0 Å². The number of halogens is 1. The fraction of sp³-hybridized carbons (Fsp3) is 0.300. The van der Waals surface area contributed by atoms with Gasteiger partial charge in [0.05, 0.1) is 23.3 Å². The normalized spacial score (nSPS) is 11.3. The predicted octanol–water partition coefficient (Wildman–Crippen LogP) is 1.43. The first kappa shape index (κ1) is 12.4. The third-order valence-corrected chi connectivity index (χ3v) is 3.48. The number of nitrogens with zero attached hydrogens (tertiary/aromatic N) is 6. The Bertz CT molecular complexity index is 707. The molecule has 0 saturated heterocycles. The molecule has 2 heterocycles. The van der Waals surface area contributed by atoms with Gasteiger partial charge in [-0.15, -0.1) is 5.10 Å². The van der Waals surface area contributed by atoms with Crippen LogP contribution in [0.4, 0.5) is 0 Å². The van der Waals surface area contributed by atoms with Gasteiger partial charge in [0.15, 0.2) is 5.82 Å². The summed E-state index contributed by atoms with van der Waals surface area (Å²) in [6.45, 7) is 3.42. The standard InChI is InChI=1S/C10H10ClN7S/c1-2-12-5-8-13-16-17-18(8)10-6(11)3-4-7-9(10)15-19-14-7/h3-4,12H,2,5H2,1H3. The Labute approximate surface area is 117 Å². The van der Waals surface area contributed by atoms with Gasteiger partial charge in [0.1, 0.15) is 16.7 Å². The van der Waals surface area contributed by atoms with Crippen molar-refractivity contribution in [2.45, 2.75) is 13.5 Å². The van der Waals surface area contributed by atoms with Crippen molar-refractivity contribution in [2.24, 2.45) is 0 Å². The van der Waals surface area contributed by atoms with Crippen molar-refractivity contribution in [3.05, 3.63) is 23.0 Å². The maximum atomic E-state index is 6.26. The zero-order valence-corrected chi connectivity index (χ0v) is 11.6. The summed E-state index contributed by atoms with van der Waals surface area (Å²) in [5.74, 6) is 0.684. The Hall–Kier alpha value is -1.64. The molecule has 7 nitrogen and oxygen atoms in total. The van der Waals surface area contributed by atoms with Crippen LogP contribution in [0.25, 0.3) is 16.7 Å². The van der Waals surface area contributed by atoms with E-state index in [0.29, 0.717) is 28.6 Å². The smallest absolute Gasteiger partial charge is 0.170 e. The molecule has 3 rings (SSSR count). The molecule has 0 atom stereocenters. The molecule has 0 unspecified atom stereocenters. The molecule has 3 aromatic rings. The number of hydrogen-bond acceptors (Lipinski definition) is 7. The second-order valence-corrected chi connectivity index (χ2v) is 4.75. The second-order valence-electron chi connectivity index (χ2n) is 3.82. The topological polar surface area (TPSA) is 81.4 Å². The largest absolute Gasteiger partial charge is 0.310 e.